The number of benzene rings is 1. The Kier molecular flexibility index (Phi) is 6.73. The number of hydrogen-bond donors (Lipinski definition) is 2. The maximum Gasteiger partial charge on any atom is 0.417 e. The van der Waals surface area contributed by atoms with Gasteiger partial charge in [-0.25, -0.2) is 12.8 Å². The fourth-order valence-electron chi connectivity index (χ4n) is 3.17. The van der Waals surface area contributed by atoms with Gasteiger partial charge in [0.1, 0.15) is 11.4 Å². The average molecular weight is 523 g/mol. The van der Waals surface area contributed by atoms with Gasteiger partial charge >= 0.3 is 6.18 Å². The van der Waals surface area contributed by atoms with Crippen molar-refractivity contribution in [2.75, 3.05) is 0 Å². The summed E-state index contributed by atoms with van der Waals surface area (Å²) in [4.78, 5) is 16.2. The predicted octanol–water partition coefficient (Wildman–Crippen LogP) is 3.43. The zero-order chi connectivity index (χ0) is 26.1. The summed E-state index contributed by atoms with van der Waals surface area (Å²) in [6.45, 7) is 1.17. The molecule has 0 bridgehead atoms. The molecule has 0 saturated heterocycles. The number of sulfonamides is 1. The molecule has 188 valence electrons. The van der Waals surface area contributed by atoms with Crippen molar-refractivity contribution in [1.82, 2.24) is 25.2 Å². The summed E-state index contributed by atoms with van der Waals surface area (Å²) in [5.74, 6) is -1.25. The number of hydrogen-bond acceptors (Lipinski definition) is 7. The normalized spacial score (nSPS) is 13.0. The Morgan fingerprint density at radius 2 is 1.89 bits per heavy atom. The van der Waals surface area contributed by atoms with Crippen molar-refractivity contribution in [2.24, 2.45) is 0 Å². The van der Waals surface area contributed by atoms with Crippen LogP contribution in [0.2, 0.25) is 0 Å². The lowest BCUT2D eigenvalue weighted by atomic mass is 10.1. The van der Waals surface area contributed by atoms with Crippen LogP contribution in [0, 0.1) is 5.82 Å². The van der Waals surface area contributed by atoms with E-state index in [2.05, 4.69) is 25.2 Å². The van der Waals surface area contributed by atoms with Crippen LogP contribution in [0.25, 0.3) is 22.2 Å². The number of carbonyl (C=O) groups excluding carboxylic acids is 1. The van der Waals surface area contributed by atoms with Gasteiger partial charge in [0.2, 0.25) is 11.0 Å². The molecular formula is C22H17F4N5O4S. The van der Waals surface area contributed by atoms with Crippen molar-refractivity contribution in [3.8, 4) is 11.3 Å². The van der Waals surface area contributed by atoms with Crippen LogP contribution in [0.1, 0.15) is 18.2 Å². The summed E-state index contributed by atoms with van der Waals surface area (Å²) in [6.07, 6.45) is -2.52. The summed E-state index contributed by atoms with van der Waals surface area (Å²) in [5.41, 5.74) is 0.120. The standard InChI is InChI=1S/C22H17F4N5O4S/c1-12(31-36(33,34)20-8-13-6-16(23)3-5-19(13)35-20)21(32)28-11-17-7-14(9-29-30-17)18-4-2-15(10-27-18)22(24,25)26/h2-10,12,31H,11H2,1H3,(H,28,32)/t12-/m0/s1. The van der Waals surface area contributed by atoms with Crippen LogP contribution in [-0.2, 0) is 27.5 Å². The average Bonchev–Trinajstić information content (AvgIpc) is 3.26. The van der Waals surface area contributed by atoms with Gasteiger partial charge in [-0.1, -0.05) is 0 Å². The highest BCUT2D eigenvalue weighted by atomic mass is 32.2. The first kappa shape index (κ1) is 25.2. The van der Waals surface area contributed by atoms with Gasteiger partial charge in [-0.15, -0.1) is 0 Å². The highest BCUT2D eigenvalue weighted by molar-refractivity contribution is 7.89. The van der Waals surface area contributed by atoms with Gasteiger partial charge in [-0.3, -0.25) is 9.78 Å². The number of halogens is 4. The number of alkyl halides is 3. The second-order valence-electron chi connectivity index (χ2n) is 7.67. The fraction of sp³-hybridized carbons (Fsp3) is 0.182. The Morgan fingerprint density at radius 3 is 2.58 bits per heavy atom. The van der Waals surface area contributed by atoms with Crippen LogP contribution in [0.5, 0.6) is 0 Å². The van der Waals surface area contributed by atoms with E-state index in [4.69, 9.17) is 4.42 Å². The second kappa shape index (κ2) is 9.62. The van der Waals surface area contributed by atoms with Gasteiger partial charge in [-0.05, 0) is 43.3 Å². The Balaban J connectivity index is 1.39. The molecule has 0 aliphatic heterocycles. The van der Waals surface area contributed by atoms with Crippen LogP contribution < -0.4 is 10.0 Å². The van der Waals surface area contributed by atoms with Gasteiger partial charge in [0, 0.05) is 23.2 Å². The van der Waals surface area contributed by atoms with Crippen molar-refractivity contribution in [1.29, 1.82) is 0 Å². The number of aromatic nitrogens is 3. The van der Waals surface area contributed by atoms with Crippen LogP contribution >= 0.6 is 0 Å². The molecule has 2 N–H and O–H groups in total. The molecular weight excluding hydrogens is 506 g/mol. The molecule has 0 unspecified atom stereocenters. The third-order valence-electron chi connectivity index (χ3n) is 4.98. The maximum absolute atomic E-state index is 13.3. The van der Waals surface area contributed by atoms with Gasteiger partial charge < -0.3 is 9.73 Å². The molecule has 1 atom stereocenters. The molecule has 0 aliphatic carbocycles. The summed E-state index contributed by atoms with van der Waals surface area (Å²) < 4.78 is 84.1. The molecule has 4 rings (SSSR count). The summed E-state index contributed by atoms with van der Waals surface area (Å²) >= 11 is 0. The number of amides is 1. The Bertz CT molecular complexity index is 1520. The monoisotopic (exact) mass is 523 g/mol. The molecule has 3 heterocycles. The lowest BCUT2D eigenvalue weighted by Gasteiger charge is -2.13. The van der Waals surface area contributed by atoms with E-state index in [0.717, 1.165) is 24.3 Å². The van der Waals surface area contributed by atoms with Crippen molar-refractivity contribution < 1.29 is 35.2 Å². The van der Waals surface area contributed by atoms with Crippen molar-refractivity contribution in [2.45, 2.75) is 30.8 Å². The van der Waals surface area contributed by atoms with E-state index in [0.29, 0.717) is 11.8 Å². The largest absolute Gasteiger partial charge is 0.443 e. The Morgan fingerprint density at radius 1 is 1.11 bits per heavy atom. The van der Waals surface area contributed by atoms with Crippen LogP contribution in [0.15, 0.2) is 64.4 Å². The van der Waals surface area contributed by atoms with Crippen LogP contribution in [0.4, 0.5) is 17.6 Å². The second-order valence-corrected chi connectivity index (χ2v) is 9.32. The minimum atomic E-state index is -4.52. The molecule has 0 fully saturated rings. The number of nitrogens with zero attached hydrogens (tertiary/aromatic N) is 3. The van der Waals surface area contributed by atoms with E-state index in [-0.39, 0.29) is 28.9 Å². The van der Waals surface area contributed by atoms with Gasteiger partial charge in [0.15, 0.2) is 0 Å². The number of carbonyl (C=O) groups is 1. The van der Waals surface area contributed by atoms with Crippen LogP contribution in [-0.4, -0.2) is 35.5 Å². The van der Waals surface area contributed by atoms with Crippen molar-refractivity contribution in [3.05, 3.63) is 71.9 Å². The molecule has 1 amide bonds. The minimum absolute atomic E-state index is 0.143. The smallest absolute Gasteiger partial charge is 0.417 e. The number of pyridine rings is 1. The van der Waals surface area contributed by atoms with Gasteiger partial charge in [-0.2, -0.15) is 28.1 Å². The number of nitrogens with one attached hydrogen (secondary N) is 2. The number of fused-ring (bicyclic) bond motifs is 1. The molecule has 0 saturated carbocycles. The molecule has 14 heteroatoms. The lowest BCUT2D eigenvalue weighted by molar-refractivity contribution is -0.137. The van der Waals surface area contributed by atoms with E-state index < -0.39 is 44.6 Å². The molecule has 3 aromatic heterocycles. The Labute approximate surface area is 201 Å². The minimum Gasteiger partial charge on any atom is -0.443 e. The number of rotatable bonds is 7. The molecule has 4 aromatic rings. The Hall–Kier alpha value is -3.91. The first-order chi connectivity index (χ1) is 16.9. The highest BCUT2D eigenvalue weighted by Gasteiger charge is 2.30. The van der Waals surface area contributed by atoms with Gasteiger partial charge in [0.25, 0.3) is 10.0 Å². The van der Waals surface area contributed by atoms with Crippen molar-refractivity contribution in [3.63, 3.8) is 0 Å². The van der Waals surface area contributed by atoms with E-state index in [1.54, 1.807) is 0 Å². The topological polar surface area (TPSA) is 127 Å². The first-order valence-corrected chi connectivity index (χ1v) is 11.7. The SMILES string of the molecule is C[C@H](NS(=O)(=O)c1cc2cc(F)ccc2o1)C(=O)NCc1cc(-c2ccc(C(F)(F)F)cn2)cnn1. The third kappa shape index (κ3) is 5.66. The zero-order valence-corrected chi connectivity index (χ0v) is 19.2. The quantitative estimate of drug-likeness (QED) is 0.356. The molecule has 1 aromatic carbocycles. The third-order valence-corrected chi connectivity index (χ3v) is 6.38. The molecule has 9 nitrogen and oxygen atoms in total. The molecule has 36 heavy (non-hydrogen) atoms. The maximum atomic E-state index is 13.3. The van der Waals surface area contributed by atoms with Crippen molar-refractivity contribution >= 4 is 26.9 Å². The first-order valence-electron chi connectivity index (χ1n) is 10.3. The lowest BCUT2D eigenvalue weighted by Crippen LogP contribution is -2.44. The zero-order valence-electron chi connectivity index (χ0n) is 18.4. The fourth-order valence-corrected chi connectivity index (χ4v) is 4.34. The summed E-state index contributed by atoms with van der Waals surface area (Å²) in [5, 5.41) is 9.88. The molecule has 0 spiro atoms. The van der Waals surface area contributed by atoms with Crippen LogP contribution in [0.3, 0.4) is 0 Å². The summed E-state index contributed by atoms with van der Waals surface area (Å²) in [6, 6.07) is 7.00. The van der Waals surface area contributed by atoms with E-state index in [1.807, 2.05) is 0 Å². The molecule has 0 aliphatic rings. The number of furan rings is 1. The highest BCUT2D eigenvalue weighted by Crippen LogP contribution is 2.29. The molecule has 0 radical (unpaired) electrons. The predicted molar refractivity (Wildman–Crippen MR) is 118 cm³/mol. The van der Waals surface area contributed by atoms with E-state index >= 15 is 0 Å². The van der Waals surface area contributed by atoms with Gasteiger partial charge in [0.05, 0.1) is 35.7 Å². The summed E-state index contributed by atoms with van der Waals surface area (Å²) in [7, 11) is -4.24. The van der Waals surface area contributed by atoms with E-state index in [9.17, 15) is 30.8 Å². The van der Waals surface area contributed by atoms with E-state index in [1.165, 1.54) is 31.3 Å².